The van der Waals surface area contributed by atoms with Crippen molar-refractivity contribution < 1.29 is 29.0 Å². The molecule has 38 heavy (non-hydrogen) atoms. The van der Waals surface area contributed by atoms with Crippen molar-refractivity contribution in [2.45, 2.75) is 129 Å². The van der Waals surface area contributed by atoms with Crippen LogP contribution in [-0.4, -0.2) is 61.4 Å². The smallest absolute Gasteiger partial charge is 0.404 e. The lowest BCUT2D eigenvalue weighted by Gasteiger charge is -2.18. The maximum atomic E-state index is 12.3. The van der Waals surface area contributed by atoms with Crippen molar-refractivity contribution in [3.05, 3.63) is 0 Å². The van der Waals surface area contributed by atoms with Crippen molar-refractivity contribution in [3.63, 3.8) is 0 Å². The largest absolute Gasteiger partial charge is 0.465 e. The van der Waals surface area contributed by atoms with E-state index in [1.165, 1.54) is 44.9 Å². The van der Waals surface area contributed by atoms with Gasteiger partial charge in [0.05, 0.1) is 6.61 Å². The summed E-state index contributed by atoms with van der Waals surface area (Å²) in [5.41, 5.74) is 0. The summed E-state index contributed by atoms with van der Waals surface area (Å²) >= 11 is 0. The van der Waals surface area contributed by atoms with Crippen LogP contribution in [0.15, 0.2) is 0 Å². The fourth-order valence-corrected chi connectivity index (χ4v) is 4.09. The fraction of sp³-hybridized carbons (Fsp3) is 0.857. The molecule has 0 spiro atoms. The minimum atomic E-state index is -1.02. The standard InChI is InChI=1S/C28H54N4O6/c1-3-5-6-7-8-9-10-11-14-20-25(33)29-21-18-15-19-24(26(34)38-4-2)32-27(35)30-22-16-12-13-17-23-31-28(36)37/h24,31H,3-23H2,1-2H3,(H,29,33)(H,36,37)(H2,30,32,35)/t24-/m0/s1. The Hall–Kier alpha value is -2.52. The summed E-state index contributed by atoms with van der Waals surface area (Å²) in [6.07, 6.45) is 15.7. The highest BCUT2D eigenvalue weighted by Crippen LogP contribution is 2.10. The van der Waals surface area contributed by atoms with Gasteiger partial charge >= 0.3 is 18.1 Å². The number of carboxylic acid groups (broad SMARTS) is 1. The van der Waals surface area contributed by atoms with Crippen LogP contribution >= 0.6 is 0 Å². The quantitative estimate of drug-likeness (QED) is 0.0786. The van der Waals surface area contributed by atoms with E-state index in [4.69, 9.17) is 9.84 Å². The molecule has 5 N–H and O–H groups in total. The molecule has 0 aliphatic carbocycles. The molecule has 0 unspecified atom stereocenters. The van der Waals surface area contributed by atoms with E-state index in [1.807, 2.05) is 0 Å². The summed E-state index contributed by atoms with van der Waals surface area (Å²) in [7, 11) is 0. The minimum Gasteiger partial charge on any atom is -0.465 e. The molecule has 0 bridgehead atoms. The van der Waals surface area contributed by atoms with Crippen molar-refractivity contribution >= 4 is 24.0 Å². The summed E-state index contributed by atoms with van der Waals surface area (Å²) in [6.45, 7) is 5.64. The number of hydrogen-bond donors (Lipinski definition) is 5. The van der Waals surface area contributed by atoms with E-state index in [0.717, 1.165) is 44.9 Å². The summed E-state index contributed by atoms with van der Waals surface area (Å²) in [5.74, 6) is -0.381. The maximum Gasteiger partial charge on any atom is 0.404 e. The number of hydrogen-bond acceptors (Lipinski definition) is 5. The Kier molecular flexibility index (Phi) is 24.4. The molecule has 0 aromatic carbocycles. The van der Waals surface area contributed by atoms with E-state index in [9.17, 15) is 19.2 Å². The highest BCUT2D eigenvalue weighted by molar-refractivity contribution is 5.83. The van der Waals surface area contributed by atoms with Crippen LogP contribution in [0.1, 0.15) is 123 Å². The number of urea groups is 1. The van der Waals surface area contributed by atoms with Gasteiger partial charge in [0.2, 0.25) is 5.91 Å². The van der Waals surface area contributed by atoms with Gasteiger partial charge in [0.25, 0.3) is 0 Å². The zero-order valence-corrected chi connectivity index (χ0v) is 23.9. The fourth-order valence-electron chi connectivity index (χ4n) is 4.09. The van der Waals surface area contributed by atoms with E-state index >= 15 is 0 Å². The van der Waals surface area contributed by atoms with Crippen molar-refractivity contribution in [3.8, 4) is 0 Å². The first kappa shape index (κ1) is 35.5. The third-order valence-corrected chi connectivity index (χ3v) is 6.29. The zero-order chi connectivity index (χ0) is 28.3. The molecule has 1 atom stereocenters. The molecule has 222 valence electrons. The van der Waals surface area contributed by atoms with E-state index in [1.54, 1.807) is 6.92 Å². The molecule has 0 aromatic heterocycles. The number of amides is 4. The number of carbonyl (C=O) groups excluding carboxylic acids is 3. The SMILES string of the molecule is CCCCCCCCCCCC(=O)NCCCC[C@H](NC(=O)NCCCCCCNC(=O)O)C(=O)OCC. The summed E-state index contributed by atoms with van der Waals surface area (Å²) in [4.78, 5) is 46.9. The normalized spacial score (nSPS) is 11.4. The molecule has 0 aromatic rings. The highest BCUT2D eigenvalue weighted by atomic mass is 16.5. The van der Waals surface area contributed by atoms with Gasteiger partial charge in [-0.2, -0.15) is 0 Å². The van der Waals surface area contributed by atoms with Gasteiger partial charge in [-0.1, -0.05) is 71.1 Å². The molecular weight excluding hydrogens is 488 g/mol. The second-order valence-electron chi connectivity index (χ2n) is 9.78. The topological polar surface area (TPSA) is 146 Å². The van der Waals surface area contributed by atoms with Gasteiger partial charge in [-0.25, -0.2) is 14.4 Å². The zero-order valence-electron chi connectivity index (χ0n) is 23.9. The summed E-state index contributed by atoms with van der Waals surface area (Å²) < 4.78 is 5.10. The van der Waals surface area contributed by atoms with Crippen LogP contribution < -0.4 is 21.3 Å². The average Bonchev–Trinajstić information content (AvgIpc) is 2.88. The van der Waals surface area contributed by atoms with Gasteiger partial charge in [-0.05, 0) is 45.4 Å². The van der Waals surface area contributed by atoms with Crippen LogP contribution in [0.5, 0.6) is 0 Å². The molecular formula is C28H54N4O6. The molecule has 0 rings (SSSR count). The lowest BCUT2D eigenvalue weighted by atomic mass is 10.1. The van der Waals surface area contributed by atoms with Gasteiger partial charge in [-0.3, -0.25) is 4.79 Å². The van der Waals surface area contributed by atoms with E-state index in [0.29, 0.717) is 38.9 Å². The van der Waals surface area contributed by atoms with Gasteiger partial charge in [0.1, 0.15) is 6.04 Å². The molecule has 10 nitrogen and oxygen atoms in total. The third kappa shape index (κ3) is 23.9. The van der Waals surface area contributed by atoms with Crippen LogP contribution in [0.2, 0.25) is 0 Å². The first-order valence-corrected chi connectivity index (χ1v) is 14.8. The predicted molar refractivity (Wildman–Crippen MR) is 150 cm³/mol. The number of esters is 1. The average molecular weight is 543 g/mol. The van der Waals surface area contributed by atoms with Crippen LogP contribution in [-0.2, 0) is 14.3 Å². The number of unbranched alkanes of at least 4 members (excludes halogenated alkanes) is 12. The number of carbonyl (C=O) groups is 4. The molecule has 0 fully saturated rings. The molecule has 10 heteroatoms. The van der Waals surface area contributed by atoms with Crippen molar-refractivity contribution in [2.75, 3.05) is 26.2 Å². The molecule has 0 aliphatic heterocycles. The first-order chi connectivity index (χ1) is 18.4. The van der Waals surface area contributed by atoms with Gasteiger partial charge in [-0.15, -0.1) is 0 Å². The van der Waals surface area contributed by atoms with Crippen molar-refractivity contribution in [1.29, 1.82) is 0 Å². The maximum absolute atomic E-state index is 12.3. The molecule has 4 amide bonds. The van der Waals surface area contributed by atoms with E-state index < -0.39 is 24.1 Å². The van der Waals surface area contributed by atoms with Gasteiger partial charge in [0.15, 0.2) is 0 Å². The Morgan fingerprint density at radius 1 is 0.658 bits per heavy atom. The lowest BCUT2D eigenvalue weighted by molar-refractivity contribution is -0.145. The van der Waals surface area contributed by atoms with Crippen LogP contribution in [0.3, 0.4) is 0 Å². The second kappa shape index (κ2) is 26.1. The molecule has 0 radical (unpaired) electrons. The van der Waals surface area contributed by atoms with Crippen LogP contribution in [0.4, 0.5) is 9.59 Å². The molecule has 0 heterocycles. The monoisotopic (exact) mass is 542 g/mol. The Balaban J connectivity index is 3.93. The Morgan fingerprint density at radius 2 is 1.18 bits per heavy atom. The molecule has 0 aliphatic rings. The second-order valence-corrected chi connectivity index (χ2v) is 9.78. The Labute approximate surface area is 229 Å². The summed E-state index contributed by atoms with van der Waals surface area (Å²) in [5, 5.41) is 19.2. The molecule has 0 saturated heterocycles. The predicted octanol–water partition coefficient (Wildman–Crippen LogP) is 5.25. The highest BCUT2D eigenvalue weighted by Gasteiger charge is 2.21. The van der Waals surface area contributed by atoms with E-state index in [-0.39, 0.29) is 12.5 Å². The van der Waals surface area contributed by atoms with Gasteiger partial charge < -0.3 is 31.1 Å². The van der Waals surface area contributed by atoms with Crippen LogP contribution in [0.25, 0.3) is 0 Å². The molecule has 0 saturated carbocycles. The Bertz CT molecular complexity index is 632. The summed E-state index contributed by atoms with van der Waals surface area (Å²) in [6, 6.07) is -1.14. The Morgan fingerprint density at radius 3 is 1.79 bits per heavy atom. The van der Waals surface area contributed by atoms with Crippen LogP contribution in [0, 0.1) is 0 Å². The van der Waals surface area contributed by atoms with Crippen molar-refractivity contribution in [1.82, 2.24) is 21.3 Å². The lowest BCUT2D eigenvalue weighted by Crippen LogP contribution is -2.47. The first-order valence-electron chi connectivity index (χ1n) is 14.8. The third-order valence-electron chi connectivity index (χ3n) is 6.29. The van der Waals surface area contributed by atoms with Gasteiger partial charge in [0, 0.05) is 26.1 Å². The minimum absolute atomic E-state index is 0.0746. The van der Waals surface area contributed by atoms with E-state index in [2.05, 4.69) is 28.2 Å². The van der Waals surface area contributed by atoms with Crippen molar-refractivity contribution in [2.24, 2.45) is 0 Å². The number of nitrogens with one attached hydrogen (secondary N) is 4. The number of rotatable bonds is 25. The number of ether oxygens (including phenoxy) is 1.